The summed E-state index contributed by atoms with van der Waals surface area (Å²) in [4.78, 5) is 27.6. The van der Waals surface area contributed by atoms with Crippen molar-refractivity contribution >= 4 is 27.5 Å². The number of nitrogens with one attached hydrogen (secondary N) is 2. The van der Waals surface area contributed by atoms with Gasteiger partial charge < -0.3 is 10.1 Å². The van der Waals surface area contributed by atoms with Crippen LogP contribution in [0.4, 0.5) is 10.1 Å². The van der Waals surface area contributed by atoms with E-state index in [4.69, 9.17) is 4.74 Å². The van der Waals surface area contributed by atoms with Gasteiger partial charge in [-0.2, -0.15) is 0 Å². The monoisotopic (exact) mass is 491 g/mol. The third-order valence-corrected chi connectivity index (χ3v) is 6.96. The van der Waals surface area contributed by atoms with Crippen LogP contribution in [0.1, 0.15) is 32.6 Å². The van der Waals surface area contributed by atoms with Crippen LogP contribution in [0.15, 0.2) is 59.5 Å². The molecule has 1 fully saturated rings. The van der Waals surface area contributed by atoms with Gasteiger partial charge in [0.05, 0.1) is 17.5 Å². The molecule has 1 saturated heterocycles. The maximum Gasteiger partial charge on any atom is 0.243 e. The van der Waals surface area contributed by atoms with Gasteiger partial charge in [-0.3, -0.25) is 14.5 Å². The molecule has 0 bridgehead atoms. The maximum absolute atomic E-state index is 13.3. The van der Waals surface area contributed by atoms with Gasteiger partial charge in [0.1, 0.15) is 11.9 Å². The molecule has 10 heteroatoms. The molecule has 1 aliphatic rings. The van der Waals surface area contributed by atoms with E-state index >= 15 is 0 Å². The lowest BCUT2D eigenvalue weighted by atomic mass is 10.1. The molecule has 0 spiro atoms. The zero-order valence-electron chi connectivity index (χ0n) is 19.1. The van der Waals surface area contributed by atoms with E-state index in [-0.39, 0.29) is 16.9 Å². The average Bonchev–Trinajstić information content (AvgIpc) is 3.36. The molecule has 0 aliphatic carbocycles. The van der Waals surface area contributed by atoms with Crippen LogP contribution in [-0.2, 0) is 24.3 Å². The van der Waals surface area contributed by atoms with Crippen molar-refractivity contribution in [3.63, 3.8) is 0 Å². The maximum atomic E-state index is 13.3. The summed E-state index contributed by atoms with van der Waals surface area (Å²) in [7, 11) is -4.05. The molecule has 8 nitrogen and oxygen atoms in total. The Morgan fingerprint density at radius 3 is 2.47 bits per heavy atom. The van der Waals surface area contributed by atoms with Gasteiger partial charge in [-0.15, -0.1) is 0 Å². The van der Waals surface area contributed by atoms with Crippen LogP contribution in [0, 0.1) is 5.82 Å². The van der Waals surface area contributed by atoms with Crippen LogP contribution in [0.2, 0.25) is 0 Å². The van der Waals surface area contributed by atoms with Crippen molar-refractivity contribution in [2.75, 3.05) is 24.6 Å². The number of nitrogens with zero attached hydrogens (tertiary/aromatic N) is 1. The number of halogens is 1. The van der Waals surface area contributed by atoms with Gasteiger partial charge in [-0.1, -0.05) is 31.5 Å². The smallest absolute Gasteiger partial charge is 0.243 e. The van der Waals surface area contributed by atoms with Crippen LogP contribution in [0.5, 0.6) is 0 Å². The van der Waals surface area contributed by atoms with Crippen LogP contribution in [-0.4, -0.2) is 52.1 Å². The van der Waals surface area contributed by atoms with Crippen LogP contribution < -0.4 is 14.9 Å². The van der Waals surface area contributed by atoms with Crippen molar-refractivity contribution in [2.45, 2.75) is 49.6 Å². The molecule has 3 rings (SSSR count). The minimum atomic E-state index is -4.05. The number of sulfonamides is 1. The first-order valence-electron chi connectivity index (χ1n) is 11.3. The van der Waals surface area contributed by atoms with Gasteiger partial charge in [0.15, 0.2) is 0 Å². The van der Waals surface area contributed by atoms with E-state index in [1.165, 1.54) is 4.90 Å². The average molecular weight is 492 g/mol. The Bertz CT molecular complexity index is 1060. The molecule has 0 aromatic heterocycles. The Labute approximate surface area is 199 Å². The largest absolute Gasteiger partial charge is 0.376 e. The topological polar surface area (TPSA) is 105 Å². The van der Waals surface area contributed by atoms with Gasteiger partial charge in [0, 0.05) is 18.8 Å². The van der Waals surface area contributed by atoms with Crippen molar-refractivity contribution in [2.24, 2.45) is 0 Å². The summed E-state index contributed by atoms with van der Waals surface area (Å²) in [6.07, 6.45) is 2.79. The highest BCUT2D eigenvalue weighted by Crippen LogP contribution is 2.21. The van der Waals surface area contributed by atoms with E-state index < -0.39 is 34.3 Å². The molecule has 0 radical (unpaired) electrons. The number of amides is 2. The molecule has 2 amide bonds. The fourth-order valence-corrected chi connectivity index (χ4v) is 4.79. The van der Waals surface area contributed by atoms with E-state index in [9.17, 15) is 22.4 Å². The number of ether oxygens (including phenoxy) is 1. The van der Waals surface area contributed by atoms with Crippen molar-refractivity contribution in [1.82, 2.24) is 10.0 Å². The molecule has 34 heavy (non-hydrogen) atoms. The third-order valence-electron chi connectivity index (χ3n) is 5.54. The van der Waals surface area contributed by atoms with E-state index in [0.717, 1.165) is 37.1 Å². The second-order valence-corrected chi connectivity index (χ2v) is 9.83. The Morgan fingerprint density at radius 2 is 1.85 bits per heavy atom. The van der Waals surface area contributed by atoms with Gasteiger partial charge in [-0.05, 0) is 55.7 Å². The minimum absolute atomic E-state index is 0.0466. The predicted octanol–water partition coefficient (Wildman–Crippen LogP) is 2.60. The van der Waals surface area contributed by atoms with E-state index in [1.54, 1.807) is 30.3 Å². The molecule has 1 heterocycles. The lowest BCUT2D eigenvalue weighted by Crippen LogP contribution is -2.53. The second-order valence-electron chi connectivity index (χ2n) is 8.06. The zero-order valence-corrected chi connectivity index (χ0v) is 19.9. The Hall–Kier alpha value is -2.82. The molecule has 0 saturated carbocycles. The van der Waals surface area contributed by atoms with Crippen LogP contribution in [0.3, 0.4) is 0 Å². The number of anilines is 1. The second kappa shape index (κ2) is 12.0. The Kier molecular flexibility index (Phi) is 9.14. The summed E-state index contributed by atoms with van der Waals surface area (Å²) in [5.74, 6) is -1.47. The minimum Gasteiger partial charge on any atom is -0.376 e. The zero-order chi connectivity index (χ0) is 24.6. The fraction of sp³-hybridized carbons (Fsp3) is 0.417. The van der Waals surface area contributed by atoms with Crippen molar-refractivity contribution in [3.8, 4) is 0 Å². The quantitative estimate of drug-likeness (QED) is 0.503. The number of hydrogen-bond acceptors (Lipinski definition) is 5. The summed E-state index contributed by atoms with van der Waals surface area (Å²) in [6, 6.07) is 12.1. The number of carbonyl (C=O) groups excluding carboxylic acids is 2. The fourth-order valence-electron chi connectivity index (χ4n) is 3.81. The first-order chi connectivity index (χ1) is 16.3. The van der Waals surface area contributed by atoms with Gasteiger partial charge >= 0.3 is 0 Å². The third kappa shape index (κ3) is 6.85. The van der Waals surface area contributed by atoms with Crippen LogP contribution in [0.25, 0.3) is 0 Å². The van der Waals surface area contributed by atoms with Crippen molar-refractivity contribution in [3.05, 3.63) is 60.4 Å². The molecule has 2 atom stereocenters. The normalized spacial score (nSPS) is 16.7. The van der Waals surface area contributed by atoms with E-state index in [1.807, 2.05) is 6.92 Å². The van der Waals surface area contributed by atoms with Crippen molar-refractivity contribution in [1.29, 1.82) is 0 Å². The summed E-state index contributed by atoms with van der Waals surface area (Å²) in [5, 5.41) is 2.89. The number of carbonyl (C=O) groups is 2. The van der Waals surface area contributed by atoms with Gasteiger partial charge in [0.2, 0.25) is 21.8 Å². The summed E-state index contributed by atoms with van der Waals surface area (Å²) >= 11 is 0. The van der Waals surface area contributed by atoms with E-state index in [0.29, 0.717) is 31.7 Å². The number of para-hydroxylation sites is 1. The number of benzene rings is 2. The SMILES string of the molecule is CCC[C@@H](C(=O)NC[C@H]1CCCO1)N(C(=O)CNS(=O)(=O)c1ccc(F)cc1)c1ccccc1. The standard InChI is InChI=1S/C24H30FN3O5S/c1-2-7-22(24(30)26-16-20-10-6-15-33-20)28(19-8-4-3-5-9-19)23(29)17-27-34(31,32)21-13-11-18(25)12-14-21/h3-5,8-9,11-14,20,22,27H,2,6-7,10,15-17H2,1H3,(H,26,30)/t20-,22+/m1/s1. The molecule has 2 N–H and O–H groups in total. The Morgan fingerprint density at radius 1 is 1.15 bits per heavy atom. The molecule has 184 valence electrons. The molecular weight excluding hydrogens is 461 g/mol. The highest BCUT2D eigenvalue weighted by Gasteiger charge is 2.31. The molecule has 2 aromatic carbocycles. The van der Waals surface area contributed by atoms with E-state index in [2.05, 4.69) is 10.0 Å². The van der Waals surface area contributed by atoms with Crippen molar-refractivity contribution < 1.29 is 27.1 Å². The first-order valence-corrected chi connectivity index (χ1v) is 12.8. The summed E-state index contributed by atoms with van der Waals surface area (Å²) in [5.41, 5.74) is 0.485. The number of rotatable bonds is 11. The lowest BCUT2D eigenvalue weighted by Gasteiger charge is -2.31. The highest BCUT2D eigenvalue weighted by molar-refractivity contribution is 7.89. The Balaban J connectivity index is 1.78. The molecular formula is C24H30FN3O5S. The summed E-state index contributed by atoms with van der Waals surface area (Å²) < 4.78 is 46.2. The summed E-state index contributed by atoms with van der Waals surface area (Å²) in [6.45, 7) is 2.37. The predicted molar refractivity (Wildman–Crippen MR) is 126 cm³/mol. The highest BCUT2D eigenvalue weighted by atomic mass is 32.2. The molecule has 0 unspecified atom stereocenters. The first kappa shape index (κ1) is 25.8. The number of hydrogen-bond donors (Lipinski definition) is 2. The lowest BCUT2D eigenvalue weighted by molar-refractivity contribution is -0.126. The molecule has 2 aromatic rings. The molecule has 1 aliphatic heterocycles. The van der Waals surface area contributed by atoms with Gasteiger partial charge in [0.25, 0.3) is 0 Å². The van der Waals surface area contributed by atoms with Gasteiger partial charge in [-0.25, -0.2) is 17.5 Å². The van der Waals surface area contributed by atoms with Crippen LogP contribution >= 0.6 is 0 Å².